The minimum absolute atomic E-state index is 0.220. The van der Waals surface area contributed by atoms with Crippen molar-refractivity contribution in [1.82, 2.24) is 5.43 Å². The minimum Gasteiger partial charge on any atom is -0.489 e. The molecular formula is C29H22Cl2F3N3O4S. The number of carbonyl (C=O) groups excluding carboxylic acids is 1. The molecule has 1 N–H and O–H groups in total. The second-order valence-electron chi connectivity index (χ2n) is 8.77. The van der Waals surface area contributed by atoms with Crippen molar-refractivity contribution in [1.29, 1.82) is 0 Å². The highest BCUT2D eigenvalue weighted by Gasteiger charge is 2.35. The van der Waals surface area contributed by atoms with Gasteiger partial charge >= 0.3 is 6.18 Å². The molecule has 0 radical (unpaired) electrons. The van der Waals surface area contributed by atoms with E-state index in [4.69, 9.17) is 27.9 Å². The third-order valence-corrected chi connectivity index (χ3v) is 8.09. The SMILES string of the molecule is O=C(CN(c1ccc(Cl)c(C(F)(F)F)c1)S(=O)(=O)c1ccccc1)N/N=C/c1ccc(OCc2cccc(Cl)c2)cc1. The van der Waals surface area contributed by atoms with Crippen molar-refractivity contribution in [2.75, 3.05) is 10.8 Å². The molecular weight excluding hydrogens is 614 g/mol. The normalized spacial score (nSPS) is 11.8. The largest absolute Gasteiger partial charge is 0.489 e. The Morgan fingerprint density at radius 3 is 2.31 bits per heavy atom. The molecule has 0 fully saturated rings. The number of sulfonamides is 1. The molecule has 0 saturated heterocycles. The second-order valence-corrected chi connectivity index (χ2v) is 11.5. The van der Waals surface area contributed by atoms with Gasteiger partial charge in [0.15, 0.2) is 0 Å². The Bertz CT molecular complexity index is 1680. The summed E-state index contributed by atoms with van der Waals surface area (Å²) < 4.78 is 73.5. The summed E-state index contributed by atoms with van der Waals surface area (Å²) in [5, 5.41) is 3.83. The van der Waals surface area contributed by atoms with E-state index in [2.05, 4.69) is 10.5 Å². The fraction of sp³-hybridized carbons (Fsp3) is 0.103. The summed E-state index contributed by atoms with van der Waals surface area (Å²) >= 11 is 11.7. The average molecular weight is 636 g/mol. The molecule has 0 spiro atoms. The van der Waals surface area contributed by atoms with Crippen molar-refractivity contribution in [3.63, 3.8) is 0 Å². The van der Waals surface area contributed by atoms with Crippen LogP contribution in [0.4, 0.5) is 18.9 Å². The Kier molecular flexibility index (Phi) is 9.77. The highest BCUT2D eigenvalue weighted by Crippen LogP contribution is 2.38. The van der Waals surface area contributed by atoms with Crippen LogP contribution in [-0.4, -0.2) is 27.1 Å². The minimum atomic E-state index is -4.85. The van der Waals surface area contributed by atoms with Crippen LogP contribution in [0.1, 0.15) is 16.7 Å². The Morgan fingerprint density at radius 2 is 1.64 bits per heavy atom. The highest BCUT2D eigenvalue weighted by molar-refractivity contribution is 7.92. The van der Waals surface area contributed by atoms with Crippen LogP contribution >= 0.6 is 23.2 Å². The Hall–Kier alpha value is -4.06. The quantitative estimate of drug-likeness (QED) is 0.151. The van der Waals surface area contributed by atoms with Crippen LogP contribution in [-0.2, 0) is 27.6 Å². The van der Waals surface area contributed by atoms with Crippen molar-refractivity contribution >= 4 is 51.0 Å². The zero-order valence-electron chi connectivity index (χ0n) is 21.6. The molecule has 0 aromatic heterocycles. The lowest BCUT2D eigenvalue weighted by Crippen LogP contribution is -2.39. The molecule has 4 aromatic rings. The van der Waals surface area contributed by atoms with Crippen molar-refractivity contribution in [2.24, 2.45) is 5.10 Å². The van der Waals surface area contributed by atoms with Gasteiger partial charge in [0.2, 0.25) is 0 Å². The first-order valence-electron chi connectivity index (χ1n) is 12.2. The molecule has 42 heavy (non-hydrogen) atoms. The van der Waals surface area contributed by atoms with Crippen molar-refractivity contribution in [3.05, 3.63) is 124 Å². The van der Waals surface area contributed by atoms with Gasteiger partial charge in [0, 0.05) is 5.02 Å². The molecule has 4 aromatic carbocycles. The van der Waals surface area contributed by atoms with Crippen molar-refractivity contribution in [3.8, 4) is 5.75 Å². The molecule has 218 valence electrons. The molecule has 4 rings (SSSR count). The summed E-state index contributed by atoms with van der Waals surface area (Å²) in [7, 11) is -4.45. The molecule has 0 aliphatic heterocycles. The molecule has 0 aliphatic carbocycles. The summed E-state index contributed by atoms with van der Waals surface area (Å²) in [5.41, 5.74) is 2.05. The van der Waals surface area contributed by atoms with Gasteiger partial charge in [-0.05, 0) is 77.9 Å². The molecule has 0 aliphatic rings. The fourth-order valence-electron chi connectivity index (χ4n) is 3.71. The highest BCUT2D eigenvalue weighted by atomic mass is 35.5. The predicted molar refractivity (Wildman–Crippen MR) is 155 cm³/mol. The van der Waals surface area contributed by atoms with E-state index < -0.39 is 44.9 Å². The summed E-state index contributed by atoms with van der Waals surface area (Å²) in [4.78, 5) is 12.5. The first-order valence-corrected chi connectivity index (χ1v) is 14.4. The van der Waals surface area contributed by atoms with Gasteiger partial charge in [-0.15, -0.1) is 0 Å². The molecule has 0 unspecified atom stereocenters. The van der Waals surface area contributed by atoms with Gasteiger partial charge < -0.3 is 4.74 Å². The van der Waals surface area contributed by atoms with Gasteiger partial charge in [-0.3, -0.25) is 9.10 Å². The number of halogens is 5. The van der Waals surface area contributed by atoms with Gasteiger partial charge in [-0.1, -0.05) is 53.5 Å². The summed E-state index contributed by atoms with van der Waals surface area (Å²) in [5.74, 6) is -0.310. The maximum absolute atomic E-state index is 13.5. The molecule has 0 heterocycles. The van der Waals surface area contributed by atoms with E-state index in [1.54, 1.807) is 42.5 Å². The average Bonchev–Trinajstić information content (AvgIpc) is 2.96. The monoisotopic (exact) mass is 635 g/mol. The summed E-state index contributed by atoms with van der Waals surface area (Å²) in [6, 6.07) is 23.6. The maximum atomic E-state index is 13.5. The number of nitrogens with zero attached hydrogens (tertiary/aromatic N) is 2. The van der Waals surface area contributed by atoms with Gasteiger partial charge in [-0.25, -0.2) is 13.8 Å². The Balaban J connectivity index is 1.47. The van der Waals surface area contributed by atoms with Crippen molar-refractivity contribution in [2.45, 2.75) is 17.7 Å². The smallest absolute Gasteiger partial charge is 0.417 e. The second kappa shape index (κ2) is 13.3. The van der Waals surface area contributed by atoms with Crippen LogP contribution in [0.25, 0.3) is 0 Å². The maximum Gasteiger partial charge on any atom is 0.417 e. The van der Waals surface area contributed by atoms with E-state index in [1.165, 1.54) is 30.5 Å². The van der Waals surface area contributed by atoms with E-state index in [0.29, 0.717) is 33.3 Å². The lowest BCUT2D eigenvalue weighted by atomic mass is 10.2. The number of carbonyl (C=O) groups is 1. The fourth-order valence-corrected chi connectivity index (χ4v) is 5.58. The van der Waals surface area contributed by atoms with Gasteiger partial charge in [-0.2, -0.15) is 18.3 Å². The van der Waals surface area contributed by atoms with E-state index >= 15 is 0 Å². The molecule has 13 heteroatoms. The molecule has 0 atom stereocenters. The number of amides is 1. The molecule has 1 amide bonds. The van der Waals surface area contributed by atoms with E-state index in [-0.39, 0.29) is 4.90 Å². The van der Waals surface area contributed by atoms with Crippen LogP contribution in [0.5, 0.6) is 5.75 Å². The first-order chi connectivity index (χ1) is 19.9. The molecule has 0 bridgehead atoms. The number of anilines is 1. The number of hydrazone groups is 1. The number of ether oxygens (including phenoxy) is 1. The number of nitrogens with one attached hydrogen (secondary N) is 1. The van der Waals surface area contributed by atoms with Crippen LogP contribution < -0.4 is 14.5 Å². The summed E-state index contributed by atoms with van der Waals surface area (Å²) in [6.07, 6.45) is -3.53. The third-order valence-electron chi connectivity index (χ3n) is 5.74. The Labute approximate surface area is 250 Å². The van der Waals surface area contributed by atoms with E-state index in [0.717, 1.165) is 17.7 Å². The van der Waals surface area contributed by atoms with Crippen LogP contribution in [0.15, 0.2) is 107 Å². The number of benzene rings is 4. The Morgan fingerprint density at radius 1 is 0.929 bits per heavy atom. The van der Waals surface area contributed by atoms with Gasteiger partial charge in [0.25, 0.3) is 15.9 Å². The van der Waals surface area contributed by atoms with E-state index in [1.807, 2.05) is 12.1 Å². The number of rotatable bonds is 10. The first kappa shape index (κ1) is 30.9. The lowest BCUT2D eigenvalue weighted by Gasteiger charge is -2.24. The van der Waals surface area contributed by atoms with E-state index in [9.17, 15) is 26.4 Å². The molecule has 0 saturated carbocycles. The van der Waals surface area contributed by atoms with Gasteiger partial charge in [0.1, 0.15) is 18.9 Å². The number of alkyl halides is 3. The summed E-state index contributed by atoms with van der Waals surface area (Å²) in [6.45, 7) is -0.547. The zero-order valence-corrected chi connectivity index (χ0v) is 23.9. The van der Waals surface area contributed by atoms with Crippen LogP contribution in [0.2, 0.25) is 10.0 Å². The zero-order chi connectivity index (χ0) is 30.3. The van der Waals surface area contributed by atoms with Crippen LogP contribution in [0.3, 0.4) is 0 Å². The number of hydrogen-bond acceptors (Lipinski definition) is 5. The van der Waals surface area contributed by atoms with Gasteiger partial charge in [0.05, 0.1) is 27.4 Å². The molecule has 7 nitrogen and oxygen atoms in total. The third kappa shape index (κ3) is 8.03. The topological polar surface area (TPSA) is 88.1 Å². The lowest BCUT2D eigenvalue weighted by molar-refractivity contribution is -0.137. The number of hydrogen-bond donors (Lipinski definition) is 1. The standard InChI is InChI=1S/C29H22Cl2F3N3O4S/c30-22-6-4-5-21(15-22)19-41-24-12-9-20(10-13-24)17-35-36-28(38)18-37(42(39,40)25-7-2-1-3-8-25)23-11-14-27(31)26(16-23)29(32,33)34/h1-17H,18-19H2,(H,36,38)/b35-17+. The van der Waals surface area contributed by atoms with Crippen molar-refractivity contribution < 1.29 is 31.1 Å². The predicted octanol–water partition coefficient (Wildman–Crippen LogP) is 6.94. The van der Waals surface area contributed by atoms with Crippen LogP contribution in [0, 0.1) is 0 Å².